The number of unbranched alkanes of at least 4 members (excludes halogenated alkanes) is 1. The van der Waals surface area contributed by atoms with Crippen molar-refractivity contribution in [2.45, 2.75) is 33.1 Å². The number of aryl methyl sites for hydroxylation is 1. The van der Waals surface area contributed by atoms with Gasteiger partial charge in [0.05, 0.1) is 0 Å². The molecule has 0 saturated heterocycles. The molecule has 0 saturated carbocycles. The maximum Gasteiger partial charge on any atom is 0.257 e. The van der Waals surface area contributed by atoms with Crippen LogP contribution >= 0.6 is 0 Å². The molecule has 1 aromatic carbocycles. The lowest BCUT2D eigenvalue weighted by atomic mass is 10.1. The van der Waals surface area contributed by atoms with Crippen LogP contribution < -0.4 is 10.1 Å². The molecule has 0 heterocycles. The summed E-state index contributed by atoms with van der Waals surface area (Å²) in [6.07, 6.45) is 3.00. The minimum Gasteiger partial charge on any atom is -0.483 e. The van der Waals surface area contributed by atoms with Crippen LogP contribution in [0.4, 0.5) is 0 Å². The van der Waals surface area contributed by atoms with Gasteiger partial charge in [0.1, 0.15) is 5.75 Å². The SMILES string of the molecule is CCCCNC(=O)COc1ccccc1CC. The van der Waals surface area contributed by atoms with Crippen molar-refractivity contribution in [3.05, 3.63) is 29.8 Å². The summed E-state index contributed by atoms with van der Waals surface area (Å²) >= 11 is 0. The van der Waals surface area contributed by atoms with Gasteiger partial charge < -0.3 is 10.1 Å². The van der Waals surface area contributed by atoms with E-state index in [4.69, 9.17) is 4.74 Å². The summed E-state index contributed by atoms with van der Waals surface area (Å²) < 4.78 is 5.51. The van der Waals surface area contributed by atoms with E-state index in [2.05, 4.69) is 19.2 Å². The molecular formula is C14H21NO2. The lowest BCUT2D eigenvalue weighted by molar-refractivity contribution is -0.123. The lowest BCUT2D eigenvalue weighted by Gasteiger charge is -2.10. The Kier molecular flexibility index (Phi) is 6.15. The van der Waals surface area contributed by atoms with Gasteiger partial charge in [0.25, 0.3) is 5.91 Å². The molecule has 0 radical (unpaired) electrons. The van der Waals surface area contributed by atoms with Gasteiger partial charge in [0.15, 0.2) is 6.61 Å². The van der Waals surface area contributed by atoms with Crippen LogP contribution in [0.5, 0.6) is 5.75 Å². The first-order valence-corrected chi connectivity index (χ1v) is 6.25. The average molecular weight is 235 g/mol. The summed E-state index contributed by atoms with van der Waals surface area (Å²) in [5, 5.41) is 2.83. The molecule has 1 N–H and O–H groups in total. The van der Waals surface area contributed by atoms with Crippen molar-refractivity contribution in [2.24, 2.45) is 0 Å². The number of carbonyl (C=O) groups excluding carboxylic acids is 1. The molecule has 0 bridgehead atoms. The highest BCUT2D eigenvalue weighted by atomic mass is 16.5. The largest absolute Gasteiger partial charge is 0.483 e. The van der Waals surface area contributed by atoms with Crippen LogP contribution in [0, 0.1) is 0 Å². The fraction of sp³-hybridized carbons (Fsp3) is 0.500. The topological polar surface area (TPSA) is 38.3 Å². The van der Waals surface area contributed by atoms with Crippen molar-refractivity contribution in [2.75, 3.05) is 13.2 Å². The van der Waals surface area contributed by atoms with Gasteiger partial charge in [0.2, 0.25) is 0 Å². The molecule has 0 aliphatic heterocycles. The predicted octanol–water partition coefficient (Wildman–Crippen LogP) is 2.54. The molecular weight excluding hydrogens is 214 g/mol. The summed E-state index contributed by atoms with van der Waals surface area (Å²) in [6, 6.07) is 7.82. The monoisotopic (exact) mass is 235 g/mol. The molecule has 0 atom stereocenters. The maximum absolute atomic E-state index is 11.5. The molecule has 3 nitrogen and oxygen atoms in total. The Bertz CT molecular complexity index is 350. The third kappa shape index (κ3) is 4.89. The minimum atomic E-state index is -0.0515. The summed E-state index contributed by atoms with van der Waals surface area (Å²) in [7, 11) is 0. The minimum absolute atomic E-state index is 0.0515. The van der Waals surface area contributed by atoms with E-state index in [1.807, 2.05) is 24.3 Å². The van der Waals surface area contributed by atoms with Gasteiger partial charge in [-0.25, -0.2) is 0 Å². The quantitative estimate of drug-likeness (QED) is 0.738. The van der Waals surface area contributed by atoms with Crippen molar-refractivity contribution in [3.63, 3.8) is 0 Å². The summed E-state index contributed by atoms with van der Waals surface area (Å²) in [5.41, 5.74) is 1.13. The fourth-order valence-electron chi connectivity index (χ4n) is 1.54. The Hall–Kier alpha value is -1.51. The first kappa shape index (κ1) is 13.6. The van der Waals surface area contributed by atoms with Crippen LogP contribution in [0.1, 0.15) is 32.3 Å². The van der Waals surface area contributed by atoms with Crippen molar-refractivity contribution < 1.29 is 9.53 Å². The molecule has 1 aromatic rings. The van der Waals surface area contributed by atoms with E-state index in [0.29, 0.717) is 0 Å². The highest BCUT2D eigenvalue weighted by Crippen LogP contribution is 2.17. The number of carbonyl (C=O) groups is 1. The molecule has 0 aromatic heterocycles. The Labute approximate surface area is 103 Å². The first-order valence-electron chi connectivity index (χ1n) is 6.25. The number of ether oxygens (including phenoxy) is 1. The standard InChI is InChI=1S/C14H21NO2/c1-3-5-10-15-14(16)11-17-13-9-7-6-8-12(13)4-2/h6-9H,3-5,10-11H2,1-2H3,(H,15,16). The highest BCUT2D eigenvalue weighted by Gasteiger charge is 2.04. The van der Waals surface area contributed by atoms with E-state index in [0.717, 1.165) is 37.1 Å². The second-order valence-corrected chi connectivity index (χ2v) is 3.95. The van der Waals surface area contributed by atoms with E-state index in [1.54, 1.807) is 0 Å². The molecule has 0 fully saturated rings. The van der Waals surface area contributed by atoms with Gasteiger partial charge in [-0.1, -0.05) is 38.5 Å². The first-order chi connectivity index (χ1) is 8.27. The molecule has 17 heavy (non-hydrogen) atoms. The van der Waals surface area contributed by atoms with Gasteiger partial charge in [-0.05, 0) is 24.5 Å². The molecule has 94 valence electrons. The number of para-hydroxylation sites is 1. The Balaban J connectivity index is 2.36. The van der Waals surface area contributed by atoms with Gasteiger partial charge in [-0.15, -0.1) is 0 Å². The molecule has 3 heteroatoms. The van der Waals surface area contributed by atoms with Crippen molar-refractivity contribution in [1.29, 1.82) is 0 Å². The molecule has 0 spiro atoms. The Morgan fingerprint density at radius 3 is 2.76 bits per heavy atom. The summed E-state index contributed by atoms with van der Waals surface area (Å²) in [5.74, 6) is 0.755. The number of nitrogens with one attached hydrogen (secondary N) is 1. The molecule has 0 aliphatic carbocycles. The van der Waals surface area contributed by atoms with Gasteiger partial charge >= 0.3 is 0 Å². The summed E-state index contributed by atoms with van der Waals surface area (Å²) in [4.78, 5) is 11.5. The van der Waals surface area contributed by atoms with E-state index < -0.39 is 0 Å². The second kappa shape index (κ2) is 7.71. The molecule has 0 unspecified atom stereocenters. The Morgan fingerprint density at radius 1 is 1.29 bits per heavy atom. The van der Waals surface area contributed by atoms with Gasteiger partial charge in [-0.2, -0.15) is 0 Å². The van der Waals surface area contributed by atoms with Crippen molar-refractivity contribution in [1.82, 2.24) is 5.32 Å². The van der Waals surface area contributed by atoms with Crippen LogP contribution in [0.2, 0.25) is 0 Å². The van der Waals surface area contributed by atoms with Gasteiger partial charge in [-0.3, -0.25) is 4.79 Å². The van der Waals surface area contributed by atoms with Crippen LogP contribution in [0.25, 0.3) is 0 Å². The fourth-order valence-corrected chi connectivity index (χ4v) is 1.54. The van der Waals surface area contributed by atoms with E-state index >= 15 is 0 Å². The van der Waals surface area contributed by atoms with Crippen LogP contribution in [-0.2, 0) is 11.2 Å². The smallest absolute Gasteiger partial charge is 0.257 e. The van der Waals surface area contributed by atoms with Crippen LogP contribution in [-0.4, -0.2) is 19.1 Å². The van der Waals surface area contributed by atoms with E-state index in [-0.39, 0.29) is 12.5 Å². The number of hydrogen-bond acceptors (Lipinski definition) is 2. The third-order valence-electron chi connectivity index (χ3n) is 2.56. The Morgan fingerprint density at radius 2 is 2.06 bits per heavy atom. The summed E-state index contributed by atoms with van der Waals surface area (Å²) in [6.45, 7) is 5.00. The number of benzene rings is 1. The number of amides is 1. The highest BCUT2D eigenvalue weighted by molar-refractivity contribution is 5.77. The van der Waals surface area contributed by atoms with Gasteiger partial charge in [0, 0.05) is 6.54 Å². The number of rotatable bonds is 7. The average Bonchev–Trinajstić information content (AvgIpc) is 2.37. The predicted molar refractivity (Wildman–Crippen MR) is 69.2 cm³/mol. The zero-order valence-corrected chi connectivity index (χ0v) is 10.7. The zero-order valence-electron chi connectivity index (χ0n) is 10.7. The van der Waals surface area contributed by atoms with Crippen molar-refractivity contribution >= 4 is 5.91 Å². The van der Waals surface area contributed by atoms with E-state index in [9.17, 15) is 4.79 Å². The van der Waals surface area contributed by atoms with E-state index in [1.165, 1.54) is 0 Å². The van der Waals surface area contributed by atoms with Crippen molar-refractivity contribution in [3.8, 4) is 5.75 Å². The van der Waals surface area contributed by atoms with Crippen LogP contribution in [0.3, 0.4) is 0 Å². The number of hydrogen-bond donors (Lipinski definition) is 1. The normalized spacial score (nSPS) is 10.0. The molecule has 1 amide bonds. The second-order valence-electron chi connectivity index (χ2n) is 3.95. The lowest BCUT2D eigenvalue weighted by Crippen LogP contribution is -2.29. The zero-order chi connectivity index (χ0) is 12.5. The maximum atomic E-state index is 11.5. The molecule has 1 rings (SSSR count). The van der Waals surface area contributed by atoms with Crippen LogP contribution in [0.15, 0.2) is 24.3 Å². The molecule has 0 aliphatic rings. The third-order valence-corrected chi connectivity index (χ3v) is 2.56.